The summed E-state index contributed by atoms with van der Waals surface area (Å²) in [5.41, 5.74) is 0.232. The Balaban J connectivity index is 4.73. The molecule has 98 valence electrons. The van der Waals surface area contributed by atoms with E-state index in [-0.39, 0.29) is 5.54 Å². The number of hydrogen-bond donors (Lipinski definition) is 0. The van der Waals surface area contributed by atoms with E-state index >= 15 is 0 Å². The van der Waals surface area contributed by atoms with Gasteiger partial charge in [-0.3, -0.25) is 9.80 Å². The van der Waals surface area contributed by atoms with Crippen LogP contribution in [0.15, 0.2) is 0 Å². The van der Waals surface area contributed by atoms with E-state index in [1.165, 1.54) is 0 Å². The van der Waals surface area contributed by atoms with Gasteiger partial charge in [0, 0.05) is 23.7 Å². The van der Waals surface area contributed by atoms with Crippen molar-refractivity contribution in [3.63, 3.8) is 0 Å². The molecule has 0 aliphatic heterocycles. The first-order valence-corrected chi connectivity index (χ1v) is 6.59. The molecule has 0 aromatic heterocycles. The van der Waals surface area contributed by atoms with Gasteiger partial charge in [0.1, 0.15) is 0 Å². The van der Waals surface area contributed by atoms with Gasteiger partial charge in [0.25, 0.3) is 0 Å². The van der Waals surface area contributed by atoms with Crippen LogP contribution in [-0.2, 0) is 0 Å². The third-order valence-electron chi connectivity index (χ3n) is 3.13. The maximum Gasteiger partial charge on any atom is 0.0518 e. The molecule has 0 heterocycles. The molecule has 0 N–H and O–H groups in total. The summed E-state index contributed by atoms with van der Waals surface area (Å²) >= 11 is 0. The SMILES string of the molecule is CC(C)N(CN(C(C)C)C(C)(C)C)C(C)C. The third-order valence-corrected chi connectivity index (χ3v) is 3.13. The topological polar surface area (TPSA) is 6.48 Å². The summed E-state index contributed by atoms with van der Waals surface area (Å²) in [7, 11) is 0. The van der Waals surface area contributed by atoms with E-state index in [1.54, 1.807) is 0 Å². The zero-order valence-electron chi connectivity index (χ0n) is 12.8. The summed E-state index contributed by atoms with van der Waals surface area (Å²) in [6, 6.07) is 1.78. The third kappa shape index (κ3) is 4.84. The minimum Gasteiger partial charge on any atom is -0.286 e. The molecule has 0 aromatic carbocycles. The fourth-order valence-electron chi connectivity index (χ4n) is 2.25. The van der Waals surface area contributed by atoms with E-state index in [0.717, 1.165) is 6.67 Å². The van der Waals surface area contributed by atoms with Gasteiger partial charge in [-0.1, -0.05) is 0 Å². The van der Waals surface area contributed by atoms with Crippen LogP contribution in [0.2, 0.25) is 0 Å². The Kier molecular flexibility index (Phi) is 5.99. The van der Waals surface area contributed by atoms with E-state index in [0.29, 0.717) is 18.1 Å². The molecule has 0 atom stereocenters. The molecule has 0 bridgehead atoms. The molecule has 0 saturated heterocycles. The predicted molar refractivity (Wildman–Crippen MR) is 73.7 cm³/mol. The van der Waals surface area contributed by atoms with Crippen molar-refractivity contribution < 1.29 is 0 Å². The highest BCUT2D eigenvalue weighted by atomic mass is 15.4. The van der Waals surface area contributed by atoms with E-state index < -0.39 is 0 Å². The van der Waals surface area contributed by atoms with Crippen molar-refractivity contribution in [2.45, 2.75) is 86.0 Å². The largest absolute Gasteiger partial charge is 0.286 e. The van der Waals surface area contributed by atoms with Gasteiger partial charge in [0.2, 0.25) is 0 Å². The fraction of sp³-hybridized carbons (Fsp3) is 1.00. The van der Waals surface area contributed by atoms with E-state index in [2.05, 4.69) is 72.1 Å². The second-order valence-electron chi connectivity index (χ2n) is 6.58. The summed E-state index contributed by atoms with van der Waals surface area (Å²) in [4.78, 5) is 5.11. The van der Waals surface area contributed by atoms with Gasteiger partial charge in [0.15, 0.2) is 0 Å². The molecule has 0 spiro atoms. The van der Waals surface area contributed by atoms with Crippen molar-refractivity contribution in [2.24, 2.45) is 0 Å². The van der Waals surface area contributed by atoms with Crippen molar-refractivity contribution in [3.05, 3.63) is 0 Å². The summed E-state index contributed by atoms with van der Waals surface area (Å²) in [5, 5.41) is 0. The van der Waals surface area contributed by atoms with Gasteiger partial charge >= 0.3 is 0 Å². The zero-order chi connectivity index (χ0) is 13.1. The van der Waals surface area contributed by atoms with E-state index in [1.807, 2.05) is 0 Å². The van der Waals surface area contributed by atoms with Crippen LogP contribution in [0, 0.1) is 0 Å². The van der Waals surface area contributed by atoms with Gasteiger partial charge in [-0.2, -0.15) is 0 Å². The van der Waals surface area contributed by atoms with Gasteiger partial charge < -0.3 is 0 Å². The maximum absolute atomic E-state index is 2.56. The molecule has 16 heavy (non-hydrogen) atoms. The Morgan fingerprint density at radius 2 is 1.12 bits per heavy atom. The first-order chi connectivity index (χ1) is 7.07. The summed E-state index contributed by atoms with van der Waals surface area (Å²) in [6.45, 7) is 21.6. The Labute approximate surface area is 103 Å². The van der Waals surface area contributed by atoms with Crippen molar-refractivity contribution >= 4 is 0 Å². The lowest BCUT2D eigenvalue weighted by molar-refractivity contribution is 0.00327. The number of hydrogen-bond acceptors (Lipinski definition) is 2. The molecule has 0 unspecified atom stereocenters. The second-order valence-corrected chi connectivity index (χ2v) is 6.58. The number of rotatable bonds is 5. The smallest absolute Gasteiger partial charge is 0.0518 e. The molecule has 0 saturated carbocycles. The van der Waals surface area contributed by atoms with Crippen LogP contribution in [0.4, 0.5) is 0 Å². The van der Waals surface area contributed by atoms with Crippen molar-refractivity contribution in [1.29, 1.82) is 0 Å². The molecule has 0 aliphatic carbocycles. The lowest BCUT2D eigenvalue weighted by atomic mass is 10.0. The standard InChI is InChI=1S/C14H32N2/c1-11(2)15(12(3)4)10-16(13(5)6)14(7,8)9/h11-13H,10H2,1-9H3. The second kappa shape index (κ2) is 6.02. The summed E-state index contributed by atoms with van der Waals surface area (Å²) < 4.78 is 0. The van der Waals surface area contributed by atoms with Crippen LogP contribution >= 0.6 is 0 Å². The first-order valence-electron chi connectivity index (χ1n) is 6.59. The number of nitrogens with zero attached hydrogens (tertiary/aromatic N) is 2. The highest BCUT2D eigenvalue weighted by Crippen LogP contribution is 2.19. The first kappa shape index (κ1) is 15.9. The Morgan fingerprint density at radius 1 is 0.750 bits per heavy atom. The molecule has 0 rings (SSSR count). The minimum atomic E-state index is 0.232. The van der Waals surface area contributed by atoms with Crippen molar-refractivity contribution in [3.8, 4) is 0 Å². The fourth-order valence-corrected chi connectivity index (χ4v) is 2.25. The average molecular weight is 228 g/mol. The molecule has 0 fully saturated rings. The Morgan fingerprint density at radius 3 is 1.31 bits per heavy atom. The van der Waals surface area contributed by atoms with Crippen LogP contribution in [0.5, 0.6) is 0 Å². The van der Waals surface area contributed by atoms with Gasteiger partial charge in [-0.25, -0.2) is 0 Å². The average Bonchev–Trinajstić information content (AvgIpc) is 1.99. The molecule has 0 aliphatic rings. The summed E-state index contributed by atoms with van der Waals surface area (Å²) in [6.07, 6.45) is 0. The molecule has 0 radical (unpaired) electrons. The quantitative estimate of drug-likeness (QED) is 0.664. The molecule has 2 nitrogen and oxygen atoms in total. The maximum atomic E-state index is 2.56. The molecule has 2 heteroatoms. The van der Waals surface area contributed by atoms with Crippen LogP contribution in [0.3, 0.4) is 0 Å². The van der Waals surface area contributed by atoms with Crippen LogP contribution in [0.1, 0.15) is 62.3 Å². The highest BCUT2D eigenvalue weighted by molar-refractivity contribution is 4.80. The van der Waals surface area contributed by atoms with Gasteiger partial charge in [-0.15, -0.1) is 0 Å². The minimum absolute atomic E-state index is 0.232. The monoisotopic (exact) mass is 228 g/mol. The molecular weight excluding hydrogens is 196 g/mol. The molecular formula is C14H32N2. The lowest BCUT2D eigenvalue weighted by Crippen LogP contribution is -2.54. The Bertz CT molecular complexity index is 181. The predicted octanol–water partition coefficient (Wildman–Crippen LogP) is 3.57. The van der Waals surface area contributed by atoms with E-state index in [9.17, 15) is 0 Å². The molecule has 0 amide bonds. The van der Waals surface area contributed by atoms with Gasteiger partial charge in [-0.05, 0) is 62.3 Å². The van der Waals surface area contributed by atoms with Crippen LogP contribution < -0.4 is 0 Å². The van der Waals surface area contributed by atoms with Gasteiger partial charge in [0.05, 0.1) is 6.67 Å². The van der Waals surface area contributed by atoms with Crippen molar-refractivity contribution in [1.82, 2.24) is 9.80 Å². The normalized spacial score (nSPS) is 13.9. The van der Waals surface area contributed by atoms with Crippen molar-refractivity contribution in [2.75, 3.05) is 6.67 Å². The zero-order valence-corrected chi connectivity index (χ0v) is 12.8. The van der Waals surface area contributed by atoms with Crippen LogP contribution in [0.25, 0.3) is 0 Å². The molecule has 0 aromatic rings. The van der Waals surface area contributed by atoms with E-state index in [4.69, 9.17) is 0 Å². The summed E-state index contributed by atoms with van der Waals surface area (Å²) in [5.74, 6) is 0. The highest BCUT2D eigenvalue weighted by Gasteiger charge is 2.27. The Hall–Kier alpha value is -0.0800. The lowest BCUT2D eigenvalue weighted by Gasteiger charge is -2.44. The van der Waals surface area contributed by atoms with Crippen LogP contribution in [-0.4, -0.2) is 40.1 Å².